The average molecular weight is 444 g/mol. The van der Waals surface area contributed by atoms with Crippen LogP contribution in [0.2, 0.25) is 0 Å². The number of alkyl halides is 3. The Hall–Kier alpha value is -1.19. The Morgan fingerprint density at radius 1 is 1.22 bits per heavy atom. The van der Waals surface area contributed by atoms with Gasteiger partial charge in [0.2, 0.25) is 0 Å². The van der Waals surface area contributed by atoms with Gasteiger partial charge in [-0.05, 0) is 24.6 Å². The molecular weight excluding hydrogens is 420 g/mol. The Labute approximate surface area is 152 Å². The topological polar surface area (TPSA) is 39.7 Å². The Morgan fingerprint density at radius 2 is 1.91 bits per heavy atom. The lowest BCUT2D eigenvalue weighted by Gasteiger charge is -2.14. The predicted molar refractivity (Wildman–Crippen MR) is 99.7 cm³/mol. The monoisotopic (exact) mass is 444 g/mol. The molecule has 0 aliphatic heterocycles. The lowest BCUT2D eigenvalue weighted by atomic mass is 10.2. The number of nitrogens with one attached hydrogen (secondary N) is 2. The average Bonchev–Trinajstić information content (AvgIpc) is 2.43. The maximum absolute atomic E-state index is 12.2. The molecule has 132 valence electrons. The Bertz CT molecular complexity index is 490. The van der Waals surface area contributed by atoms with Crippen molar-refractivity contribution in [2.24, 2.45) is 4.99 Å². The van der Waals surface area contributed by atoms with Crippen LogP contribution in [-0.4, -0.2) is 39.3 Å². The van der Waals surface area contributed by atoms with Gasteiger partial charge in [0.15, 0.2) is 5.96 Å². The molecule has 0 radical (unpaired) electrons. The fraction of sp³-hybridized carbons (Fsp3) is 0.533. The first kappa shape index (κ1) is 21.8. The molecule has 0 aliphatic rings. The molecule has 8 heteroatoms. The second-order valence-electron chi connectivity index (χ2n) is 5.05. The van der Waals surface area contributed by atoms with E-state index in [1.165, 1.54) is 0 Å². The molecule has 1 aromatic rings. The Kier molecular flexibility index (Phi) is 10.0. The number of hydrogen-bond donors (Lipinski definition) is 2. The van der Waals surface area contributed by atoms with Crippen molar-refractivity contribution in [3.05, 3.63) is 29.8 Å². The summed E-state index contributed by atoms with van der Waals surface area (Å²) >= 11 is 0. The van der Waals surface area contributed by atoms with Crippen LogP contribution in [0.4, 0.5) is 18.9 Å². The molecule has 4 nitrogen and oxygen atoms in total. The minimum absolute atomic E-state index is 0. The molecule has 2 N–H and O–H groups in total. The molecule has 0 heterocycles. The number of anilines is 1. The van der Waals surface area contributed by atoms with Crippen molar-refractivity contribution in [1.29, 1.82) is 0 Å². The highest BCUT2D eigenvalue weighted by Crippen LogP contribution is 2.18. The van der Waals surface area contributed by atoms with Crippen LogP contribution in [0.3, 0.4) is 0 Å². The van der Waals surface area contributed by atoms with Crippen LogP contribution in [0, 0.1) is 0 Å². The van der Waals surface area contributed by atoms with Gasteiger partial charge in [-0.2, -0.15) is 13.2 Å². The molecule has 0 bridgehead atoms. The first-order valence-corrected chi connectivity index (χ1v) is 7.17. The summed E-state index contributed by atoms with van der Waals surface area (Å²) in [6.07, 6.45) is -5.04. The Balaban J connectivity index is 0.00000484. The molecule has 0 atom stereocenters. The van der Waals surface area contributed by atoms with Gasteiger partial charge in [-0.15, -0.1) is 24.0 Å². The number of rotatable bonds is 6. The lowest BCUT2D eigenvalue weighted by molar-refractivity contribution is -0.132. The van der Waals surface area contributed by atoms with Gasteiger partial charge < -0.3 is 15.5 Å². The highest BCUT2D eigenvalue weighted by molar-refractivity contribution is 14.0. The number of benzene rings is 1. The van der Waals surface area contributed by atoms with Gasteiger partial charge in [0.25, 0.3) is 0 Å². The largest absolute Gasteiger partial charge is 0.390 e. The minimum Gasteiger partial charge on any atom is -0.378 e. The van der Waals surface area contributed by atoms with Crippen molar-refractivity contribution >= 4 is 35.6 Å². The third kappa shape index (κ3) is 9.52. The second-order valence-corrected chi connectivity index (χ2v) is 5.05. The molecule has 0 spiro atoms. The van der Waals surface area contributed by atoms with Crippen LogP contribution in [0.5, 0.6) is 0 Å². The van der Waals surface area contributed by atoms with Crippen molar-refractivity contribution in [2.75, 3.05) is 32.1 Å². The lowest BCUT2D eigenvalue weighted by Crippen LogP contribution is -2.38. The quantitative estimate of drug-likeness (QED) is 0.402. The fourth-order valence-electron chi connectivity index (χ4n) is 1.77. The number of guanidine groups is 1. The maximum Gasteiger partial charge on any atom is 0.390 e. The SMILES string of the molecule is CCNC(=NCc1cccc(N(C)C)c1)NCCC(F)(F)F.I. The second kappa shape index (κ2) is 10.6. The van der Waals surface area contributed by atoms with Crippen molar-refractivity contribution in [3.8, 4) is 0 Å². The number of hydrogen-bond acceptors (Lipinski definition) is 2. The first-order chi connectivity index (χ1) is 10.3. The van der Waals surface area contributed by atoms with E-state index < -0.39 is 12.6 Å². The zero-order valence-corrected chi connectivity index (χ0v) is 15.9. The summed E-state index contributed by atoms with van der Waals surface area (Å²) in [4.78, 5) is 6.30. The van der Waals surface area contributed by atoms with Gasteiger partial charge in [0, 0.05) is 32.9 Å². The van der Waals surface area contributed by atoms with Gasteiger partial charge in [-0.25, -0.2) is 4.99 Å². The van der Waals surface area contributed by atoms with E-state index in [-0.39, 0.29) is 30.5 Å². The van der Waals surface area contributed by atoms with Crippen molar-refractivity contribution in [1.82, 2.24) is 10.6 Å². The molecule has 0 fully saturated rings. The molecule has 0 saturated heterocycles. The fourth-order valence-corrected chi connectivity index (χ4v) is 1.77. The van der Waals surface area contributed by atoms with Crippen LogP contribution >= 0.6 is 24.0 Å². The molecule has 0 amide bonds. The molecule has 0 aromatic heterocycles. The van der Waals surface area contributed by atoms with Crippen molar-refractivity contribution in [3.63, 3.8) is 0 Å². The molecule has 1 aromatic carbocycles. The van der Waals surface area contributed by atoms with Gasteiger partial charge in [-0.3, -0.25) is 0 Å². The van der Waals surface area contributed by atoms with Gasteiger partial charge in [0.05, 0.1) is 13.0 Å². The summed E-state index contributed by atoms with van der Waals surface area (Å²) in [5.41, 5.74) is 2.06. The summed E-state index contributed by atoms with van der Waals surface area (Å²) < 4.78 is 36.5. The van der Waals surface area contributed by atoms with Gasteiger partial charge in [0.1, 0.15) is 0 Å². The Morgan fingerprint density at radius 3 is 2.48 bits per heavy atom. The third-order valence-electron chi connectivity index (χ3n) is 2.89. The summed E-state index contributed by atoms with van der Waals surface area (Å²) in [6.45, 7) is 2.68. The van der Waals surface area contributed by atoms with E-state index in [0.717, 1.165) is 11.3 Å². The maximum atomic E-state index is 12.2. The van der Waals surface area contributed by atoms with E-state index in [1.807, 2.05) is 50.2 Å². The van der Waals surface area contributed by atoms with Gasteiger partial charge >= 0.3 is 6.18 Å². The molecule has 23 heavy (non-hydrogen) atoms. The number of aliphatic imine (C=N–C) groups is 1. The number of nitrogens with zero attached hydrogens (tertiary/aromatic N) is 2. The van der Waals surface area contributed by atoms with Crippen LogP contribution in [0.1, 0.15) is 18.9 Å². The normalized spacial score (nSPS) is 11.7. The third-order valence-corrected chi connectivity index (χ3v) is 2.89. The van der Waals surface area contributed by atoms with Crippen LogP contribution < -0.4 is 15.5 Å². The summed E-state index contributed by atoms with van der Waals surface area (Å²) in [6, 6.07) is 7.86. The smallest absolute Gasteiger partial charge is 0.378 e. The molecular formula is C15H24F3IN4. The number of halogens is 4. The predicted octanol–water partition coefficient (Wildman–Crippen LogP) is 3.38. The van der Waals surface area contributed by atoms with E-state index in [4.69, 9.17) is 0 Å². The molecule has 0 saturated carbocycles. The first-order valence-electron chi connectivity index (χ1n) is 7.17. The van der Waals surface area contributed by atoms with E-state index in [1.54, 1.807) is 0 Å². The summed E-state index contributed by atoms with van der Waals surface area (Å²) in [5, 5.41) is 5.63. The minimum atomic E-state index is -4.16. The van der Waals surface area contributed by atoms with Crippen molar-refractivity contribution in [2.45, 2.75) is 26.1 Å². The van der Waals surface area contributed by atoms with Gasteiger partial charge in [-0.1, -0.05) is 12.1 Å². The van der Waals surface area contributed by atoms with E-state index in [9.17, 15) is 13.2 Å². The molecule has 0 unspecified atom stereocenters. The standard InChI is InChI=1S/C15H23F3N4.HI/c1-4-19-14(20-9-8-15(16,17)18)21-11-12-6-5-7-13(10-12)22(2)3;/h5-7,10H,4,8-9,11H2,1-3H3,(H2,19,20,21);1H. The van der Waals surface area contributed by atoms with Crippen molar-refractivity contribution < 1.29 is 13.2 Å². The zero-order valence-electron chi connectivity index (χ0n) is 13.6. The van der Waals surface area contributed by atoms with E-state index in [0.29, 0.717) is 19.0 Å². The van der Waals surface area contributed by atoms with Crippen LogP contribution in [0.25, 0.3) is 0 Å². The molecule has 0 aliphatic carbocycles. The van der Waals surface area contributed by atoms with E-state index >= 15 is 0 Å². The zero-order chi connectivity index (χ0) is 16.6. The molecule has 1 rings (SSSR count). The highest BCUT2D eigenvalue weighted by atomic mass is 127. The summed E-state index contributed by atoms with van der Waals surface area (Å²) in [7, 11) is 3.90. The highest BCUT2D eigenvalue weighted by Gasteiger charge is 2.26. The van der Waals surface area contributed by atoms with Crippen LogP contribution in [-0.2, 0) is 6.54 Å². The van der Waals surface area contributed by atoms with Crippen LogP contribution in [0.15, 0.2) is 29.3 Å². The van der Waals surface area contributed by atoms with E-state index in [2.05, 4.69) is 15.6 Å². The summed E-state index contributed by atoms with van der Waals surface area (Å²) in [5.74, 6) is 0.391.